The number of amides is 1. The third kappa shape index (κ3) is 1.83. The quantitative estimate of drug-likeness (QED) is 0.492. The van der Waals surface area contributed by atoms with Crippen LogP contribution in [0.5, 0.6) is 0 Å². The Morgan fingerprint density at radius 1 is 1.22 bits per heavy atom. The Bertz CT molecular complexity index is 126. The molecule has 1 amide bonds. The Balaban J connectivity index is 2.43. The van der Waals surface area contributed by atoms with Gasteiger partial charge in [0, 0.05) is 12.8 Å². The van der Waals surface area contributed by atoms with Crippen LogP contribution in [0.4, 0.5) is 0 Å². The van der Waals surface area contributed by atoms with Crippen molar-refractivity contribution in [2.75, 3.05) is 6.54 Å². The molecule has 0 atom stereocenters. The number of carbonyl (C=O) groups is 2. The fourth-order valence-electron chi connectivity index (χ4n) is 0.820. The monoisotopic (exact) mass is 127 g/mol. The number of hydrogen-bond acceptors (Lipinski definition) is 2. The van der Waals surface area contributed by atoms with E-state index in [1.165, 1.54) is 0 Å². The van der Waals surface area contributed by atoms with Gasteiger partial charge in [0.15, 0.2) is 5.78 Å². The summed E-state index contributed by atoms with van der Waals surface area (Å²) in [5.74, 6) is 0.140. The van der Waals surface area contributed by atoms with E-state index in [4.69, 9.17) is 0 Å². The minimum atomic E-state index is 0.000787. The highest BCUT2D eigenvalue weighted by Crippen LogP contribution is 1.99. The predicted molar refractivity (Wildman–Crippen MR) is 31.9 cm³/mol. The van der Waals surface area contributed by atoms with Gasteiger partial charge in [0.2, 0.25) is 5.91 Å². The first-order valence-electron chi connectivity index (χ1n) is 3.07. The van der Waals surface area contributed by atoms with Crippen molar-refractivity contribution < 1.29 is 9.59 Å². The van der Waals surface area contributed by atoms with Crippen molar-refractivity contribution in [3.63, 3.8) is 0 Å². The lowest BCUT2D eigenvalue weighted by atomic mass is 10.2. The lowest BCUT2D eigenvalue weighted by Crippen LogP contribution is -2.25. The van der Waals surface area contributed by atoms with E-state index in [-0.39, 0.29) is 18.2 Å². The first-order valence-corrected chi connectivity index (χ1v) is 3.07. The summed E-state index contributed by atoms with van der Waals surface area (Å²) in [6.07, 6.45) is 1.77. The minimum absolute atomic E-state index is 0.000787. The van der Waals surface area contributed by atoms with Gasteiger partial charge in [0.1, 0.15) is 0 Å². The molecule has 0 aromatic rings. The summed E-state index contributed by atoms with van der Waals surface area (Å²) in [6.45, 7) is 0.235. The van der Waals surface area contributed by atoms with Crippen molar-refractivity contribution in [2.45, 2.75) is 19.3 Å². The second-order valence-corrected chi connectivity index (χ2v) is 2.17. The van der Waals surface area contributed by atoms with E-state index in [0.29, 0.717) is 19.3 Å². The highest BCUT2D eigenvalue weighted by Gasteiger charge is 2.10. The zero-order valence-corrected chi connectivity index (χ0v) is 5.14. The molecule has 9 heavy (non-hydrogen) atoms. The van der Waals surface area contributed by atoms with Crippen LogP contribution in [-0.2, 0) is 9.59 Å². The average Bonchev–Trinajstić information content (AvgIpc) is 1.97. The summed E-state index contributed by atoms with van der Waals surface area (Å²) in [6, 6.07) is 0. The molecule has 50 valence electrons. The Hall–Kier alpha value is -0.860. The molecule has 0 spiro atoms. The van der Waals surface area contributed by atoms with Gasteiger partial charge in [-0.05, 0) is 6.42 Å². The Morgan fingerprint density at radius 2 is 2.00 bits per heavy atom. The number of hydrogen-bond donors (Lipinski definition) is 1. The standard InChI is InChI=1S/C6H9NO2/c8-5-2-1-3-6(9)7-4-5/h1-4H2,(H,7,9). The topological polar surface area (TPSA) is 46.2 Å². The molecular formula is C6H9NO2. The average molecular weight is 127 g/mol. The summed E-state index contributed by atoms with van der Waals surface area (Å²) < 4.78 is 0. The Labute approximate surface area is 53.4 Å². The number of rotatable bonds is 0. The van der Waals surface area contributed by atoms with Gasteiger partial charge in [-0.1, -0.05) is 0 Å². The maximum absolute atomic E-state index is 10.6. The Morgan fingerprint density at radius 3 is 2.78 bits per heavy atom. The van der Waals surface area contributed by atoms with Crippen LogP contribution in [0, 0.1) is 0 Å². The van der Waals surface area contributed by atoms with E-state index in [1.54, 1.807) is 0 Å². The van der Waals surface area contributed by atoms with Crippen molar-refractivity contribution >= 4 is 11.7 Å². The van der Waals surface area contributed by atoms with Crippen molar-refractivity contribution in [1.82, 2.24) is 5.32 Å². The smallest absolute Gasteiger partial charge is 0.220 e. The molecule has 0 unspecified atom stereocenters. The molecule has 3 nitrogen and oxygen atoms in total. The number of Topliss-reactive ketones (excluding diaryl/α,β-unsaturated/α-hetero) is 1. The van der Waals surface area contributed by atoms with Crippen molar-refractivity contribution in [2.24, 2.45) is 0 Å². The van der Waals surface area contributed by atoms with Gasteiger partial charge < -0.3 is 5.32 Å². The van der Waals surface area contributed by atoms with E-state index in [9.17, 15) is 9.59 Å². The second-order valence-electron chi connectivity index (χ2n) is 2.17. The molecule has 0 saturated carbocycles. The molecule has 1 N–H and O–H groups in total. The fourth-order valence-corrected chi connectivity index (χ4v) is 0.820. The lowest BCUT2D eigenvalue weighted by molar-refractivity contribution is -0.123. The van der Waals surface area contributed by atoms with E-state index < -0.39 is 0 Å². The first kappa shape index (κ1) is 6.26. The summed E-state index contributed by atoms with van der Waals surface area (Å²) in [5.41, 5.74) is 0. The molecule has 1 rings (SSSR count). The molecule has 1 fully saturated rings. The Kier molecular flexibility index (Phi) is 1.82. The molecule has 0 aliphatic carbocycles. The van der Waals surface area contributed by atoms with Crippen LogP contribution < -0.4 is 5.32 Å². The fraction of sp³-hybridized carbons (Fsp3) is 0.667. The van der Waals surface area contributed by atoms with Crippen molar-refractivity contribution in [3.8, 4) is 0 Å². The van der Waals surface area contributed by atoms with Crippen LogP contribution in [0.1, 0.15) is 19.3 Å². The maximum Gasteiger partial charge on any atom is 0.220 e. The molecule has 1 heterocycles. The van der Waals surface area contributed by atoms with Crippen LogP contribution in [0.2, 0.25) is 0 Å². The molecule has 0 aromatic heterocycles. The van der Waals surface area contributed by atoms with Crippen molar-refractivity contribution in [3.05, 3.63) is 0 Å². The second kappa shape index (κ2) is 2.62. The summed E-state index contributed by atoms with van der Waals surface area (Å²) in [5, 5.41) is 2.51. The molecule has 1 aliphatic rings. The number of ketones is 1. The normalized spacial score (nSPS) is 20.9. The minimum Gasteiger partial charge on any atom is -0.349 e. The van der Waals surface area contributed by atoms with Crippen LogP contribution >= 0.6 is 0 Å². The molecular weight excluding hydrogens is 118 g/mol. The molecule has 1 saturated heterocycles. The van der Waals surface area contributed by atoms with Gasteiger partial charge in [-0.25, -0.2) is 0 Å². The highest BCUT2D eigenvalue weighted by molar-refractivity contribution is 5.88. The van der Waals surface area contributed by atoms with E-state index in [0.717, 1.165) is 0 Å². The van der Waals surface area contributed by atoms with Crippen molar-refractivity contribution in [1.29, 1.82) is 0 Å². The number of nitrogens with one attached hydrogen (secondary N) is 1. The van der Waals surface area contributed by atoms with Crippen LogP contribution in [-0.4, -0.2) is 18.2 Å². The van der Waals surface area contributed by atoms with Crippen LogP contribution in [0.15, 0.2) is 0 Å². The summed E-state index contributed by atoms with van der Waals surface area (Å²) in [4.78, 5) is 21.2. The van der Waals surface area contributed by atoms with Gasteiger partial charge >= 0.3 is 0 Å². The summed E-state index contributed by atoms with van der Waals surface area (Å²) >= 11 is 0. The third-order valence-corrected chi connectivity index (χ3v) is 1.34. The molecule has 1 aliphatic heterocycles. The molecule has 3 heteroatoms. The highest BCUT2D eigenvalue weighted by atomic mass is 16.2. The lowest BCUT2D eigenvalue weighted by Gasteiger charge is -1.93. The molecule has 0 radical (unpaired) electrons. The van der Waals surface area contributed by atoms with E-state index in [1.807, 2.05) is 0 Å². The zero-order valence-electron chi connectivity index (χ0n) is 5.14. The third-order valence-electron chi connectivity index (χ3n) is 1.34. The zero-order chi connectivity index (χ0) is 6.69. The van der Waals surface area contributed by atoms with Crippen LogP contribution in [0.25, 0.3) is 0 Å². The van der Waals surface area contributed by atoms with Gasteiger partial charge in [-0.15, -0.1) is 0 Å². The molecule has 0 aromatic carbocycles. The van der Waals surface area contributed by atoms with Gasteiger partial charge in [0.25, 0.3) is 0 Å². The molecule has 0 bridgehead atoms. The summed E-state index contributed by atoms with van der Waals surface area (Å²) in [7, 11) is 0. The number of carbonyl (C=O) groups excluding carboxylic acids is 2. The SMILES string of the molecule is O=C1CCCC(=O)NC1. The predicted octanol–water partition coefficient (Wildman–Crippen LogP) is -0.144. The van der Waals surface area contributed by atoms with E-state index >= 15 is 0 Å². The van der Waals surface area contributed by atoms with Gasteiger partial charge in [-0.2, -0.15) is 0 Å². The van der Waals surface area contributed by atoms with E-state index in [2.05, 4.69) is 5.32 Å². The van der Waals surface area contributed by atoms with Gasteiger partial charge in [0.05, 0.1) is 6.54 Å². The first-order chi connectivity index (χ1) is 4.29. The van der Waals surface area contributed by atoms with Gasteiger partial charge in [-0.3, -0.25) is 9.59 Å². The maximum atomic E-state index is 10.6. The van der Waals surface area contributed by atoms with Crippen LogP contribution in [0.3, 0.4) is 0 Å². The largest absolute Gasteiger partial charge is 0.349 e.